The van der Waals surface area contributed by atoms with Crippen LogP contribution in [-0.2, 0) is 7.05 Å². The highest BCUT2D eigenvalue weighted by molar-refractivity contribution is 5.81. The van der Waals surface area contributed by atoms with E-state index in [9.17, 15) is 0 Å². The van der Waals surface area contributed by atoms with E-state index in [2.05, 4.69) is 29.3 Å². The molecule has 0 aliphatic carbocycles. The van der Waals surface area contributed by atoms with E-state index < -0.39 is 0 Å². The first-order valence-corrected chi connectivity index (χ1v) is 7.02. The number of ether oxygens (including phenoxy) is 2. The molecule has 0 unspecified atom stereocenters. The van der Waals surface area contributed by atoms with Crippen LogP contribution in [0.4, 0.5) is 0 Å². The van der Waals surface area contributed by atoms with E-state index in [1.807, 2.05) is 42.2 Å². The zero-order chi connectivity index (χ0) is 15.5. The summed E-state index contributed by atoms with van der Waals surface area (Å²) < 4.78 is 12.6. The van der Waals surface area contributed by atoms with Crippen molar-refractivity contribution in [2.75, 3.05) is 14.2 Å². The van der Waals surface area contributed by atoms with Gasteiger partial charge in [-0.3, -0.25) is 0 Å². The number of rotatable bonds is 4. The SMILES string of the molecule is COc1cc(/C=C\c2ccc3c(c2)ncn3C)cc(OC)c1. The van der Waals surface area contributed by atoms with E-state index in [1.54, 1.807) is 14.2 Å². The fourth-order valence-corrected chi connectivity index (χ4v) is 2.37. The van der Waals surface area contributed by atoms with E-state index in [1.165, 1.54) is 0 Å². The lowest BCUT2D eigenvalue weighted by Gasteiger charge is -2.05. The first-order chi connectivity index (χ1) is 10.7. The van der Waals surface area contributed by atoms with Gasteiger partial charge in [-0.1, -0.05) is 18.2 Å². The summed E-state index contributed by atoms with van der Waals surface area (Å²) in [6.45, 7) is 0. The van der Waals surface area contributed by atoms with Crippen molar-refractivity contribution in [3.63, 3.8) is 0 Å². The van der Waals surface area contributed by atoms with Crippen LogP contribution in [0.2, 0.25) is 0 Å². The van der Waals surface area contributed by atoms with Crippen LogP contribution >= 0.6 is 0 Å². The molecule has 1 heterocycles. The molecule has 0 aliphatic rings. The summed E-state index contributed by atoms with van der Waals surface area (Å²) in [6, 6.07) is 12.0. The van der Waals surface area contributed by atoms with Gasteiger partial charge >= 0.3 is 0 Å². The molecule has 0 saturated heterocycles. The normalized spacial score (nSPS) is 11.2. The number of hydrogen-bond donors (Lipinski definition) is 0. The quantitative estimate of drug-likeness (QED) is 0.687. The number of fused-ring (bicyclic) bond motifs is 1. The largest absolute Gasteiger partial charge is 0.497 e. The Morgan fingerprint density at radius 2 is 1.59 bits per heavy atom. The van der Waals surface area contributed by atoms with Crippen molar-refractivity contribution in [1.29, 1.82) is 0 Å². The van der Waals surface area contributed by atoms with E-state index in [0.29, 0.717) is 0 Å². The van der Waals surface area contributed by atoms with Crippen LogP contribution in [-0.4, -0.2) is 23.8 Å². The second-order valence-electron chi connectivity index (χ2n) is 5.08. The van der Waals surface area contributed by atoms with Crippen molar-refractivity contribution in [3.8, 4) is 11.5 Å². The van der Waals surface area contributed by atoms with Gasteiger partial charge in [-0.25, -0.2) is 4.98 Å². The lowest BCUT2D eigenvalue weighted by Crippen LogP contribution is -1.88. The summed E-state index contributed by atoms with van der Waals surface area (Å²) >= 11 is 0. The molecule has 0 bridgehead atoms. The Morgan fingerprint density at radius 3 is 2.27 bits per heavy atom. The Morgan fingerprint density at radius 1 is 0.909 bits per heavy atom. The minimum Gasteiger partial charge on any atom is -0.497 e. The third kappa shape index (κ3) is 2.81. The Labute approximate surface area is 129 Å². The van der Waals surface area contributed by atoms with E-state index >= 15 is 0 Å². The maximum Gasteiger partial charge on any atom is 0.123 e. The second kappa shape index (κ2) is 5.93. The average molecular weight is 294 g/mol. The third-order valence-electron chi connectivity index (χ3n) is 3.59. The molecule has 0 atom stereocenters. The van der Waals surface area contributed by atoms with Gasteiger partial charge < -0.3 is 14.0 Å². The van der Waals surface area contributed by atoms with Gasteiger partial charge in [0.2, 0.25) is 0 Å². The maximum absolute atomic E-state index is 5.28. The lowest BCUT2D eigenvalue weighted by atomic mass is 10.1. The van der Waals surface area contributed by atoms with Gasteiger partial charge in [-0.15, -0.1) is 0 Å². The van der Waals surface area contributed by atoms with E-state index in [-0.39, 0.29) is 0 Å². The molecule has 0 saturated carbocycles. The smallest absolute Gasteiger partial charge is 0.123 e. The number of benzene rings is 2. The van der Waals surface area contributed by atoms with Crippen molar-refractivity contribution in [3.05, 3.63) is 53.9 Å². The summed E-state index contributed by atoms with van der Waals surface area (Å²) in [5.41, 5.74) is 4.25. The summed E-state index contributed by atoms with van der Waals surface area (Å²) in [5, 5.41) is 0. The molecule has 0 fully saturated rings. The maximum atomic E-state index is 5.28. The molecule has 1 aromatic heterocycles. The first kappa shape index (κ1) is 14.2. The fraction of sp³-hybridized carbons (Fsp3) is 0.167. The van der Waals surface area contributed by atoms with Crippen LogP contribution in [0, 0.1) is 0 Å². The van der Waals surface area contributed by atoms with Crippen LogP contribution in [0.3, 0.4) is 0 Å². The highest BCUT2D eigenvalue weighted by Crippen LogP contribution is 2.24. The van der Waals surface area contributed by atoms with Crippen molar-refractivity contribution in [2.45, 2.75) is 0 Å². The van der Waals surface area contributed by atoms with Gasteiger partial charge in [0.1, 0.15) is 11.5 Å². The molecule has 0 amide bonds. The van der Waals surface area contributed by atoms with E-state index in [0.717, 1.165) is 33.7 Å². The number of aryl methyl sites for hydroxylation is 1. The number of imidazole rings is 1. The minimum absolute atomic E-state index is 0.777. The van der Waals surface area contributed by atoms with Crippen molar-refractivity contribution < 1.29 is 9.47 Å². The molecule has 0 spiro atoms. The molecule has 0 radical (unpaired) electrons. The number of hydrogen-bond acceptors (Lipinski definition) is 3. The minimum atomic E-state index is 0.777. The summed E-state index contributed by atoms with van der Waals surface area (Å²) in [5.74, 6) is 1.55. The molecule has 0 aliphatic heterocycles. The molecule has 22 heavy (non-hydrogen) atoms. The molecule has 0 N–H and O–H groups in total. The zero-order valence-electron chi connectivity index (χ0n) is 12.9. The van der Waals surface area contributed by atoms with Gasteiger partial charge in [0.05, 0.1) is 31.6 Å². The highest BCUT2D eigenvalue weighted by Gasteiger charge is 2.01. The monoisotopic (exact) mass is 294 g/mol. The van der Waals surface area contributed by atoms with Gasteiger partial charge in [0, 0.05) is 13.1 Å². The topological polar surface area (TPSA) is 36.3 Å². The molecular weight excluding hydrogens is 276 g/mol. The Bertz CT molecular complexity index is 812. The number of nitrogens with zero attached hydrogens (tertiary/aromatic N) is 2. The summed E-state index contributed by atoms with van der Waals surface area (Å²) in [4.78, 5) is 4.38. The summed E-state index contributed by atoms with van der Waals surface area (Å²) in [7, 11) is 5.29. The second-order valence-corrected chi connectivity index (χ2v) is 5.08. The fourth-order valence-electron chi connectivity index (χ4n) is 2.37. The highest BCUT2D eigenvalue weighted by atomic mass is 16.5. The Balaban J connectivity index is 1.91. The molecule has 4 heteroatoms. The van der Waals surface area contributed by atoms with Gasteiger partial charge in [-0.05, 0) is 35.4 Å². The van der Waals surface area contributed by atoms with Crippen LogP contribution in [0.15, 0.2) is 42.7 Å². The zero-order valence-corrected chi connectivity index (χ0v) is 12.9. The van der Waals surface area contributed by atoms with E-state index in [4.69, 9.17) is 9.47 Å². The van der Waals surface area contributed by atoms with Crippen molar-refractivity contribution >= 4 is 23.2 Å². The summed E-state index contributed by atoms with van der Waals surface area (Å²) in [6.07, 6.45) is 5.92. The standard InChI is InChI=1S/C18H18N2O2/c1-20-12-19-17-10-13(6-7-18(17)20)4-5-14-8-15(21-2)11-16(9-14)22-3/h4-12H,1-3H3/b5-4-. The molecule has 3 rings (SSSR count). The third-order valence-corrected chi connectivity index (χ3v) is 3.59. The van der Waals surface area contributed by atoms with Crippen LogP contribution in [0.5, 0.6) is 11.5 Å². The molecule has 112 valence electrons. The Kier molecular flexibility index (Phi) is 3.83. The van der Waals surface area contributed by atoms with Gasteiger partial charge in [0.15, 0.2) is 0 Å². The number of aromatic nitrogens is 2. The predicted octanol–water partition coefficient (Wildman–Crippen LogP) is 3.76. The van der Waals surface area contributed by atoms with Crippen molar-refractivity contribution in [1.82, 2.24) is 9.55 Å². The molecule has 2 aromatic carbocycles. The van der Waals surface area contributed by atoms with Crippen LogP contribution < -0.4 is 9.47 Å². The van der Waals surface area contributed by atoms with Crippen LogP contribution in [0.1, 0.15) is 11.1 Å². The molecule has 3 aromatic rings. The first-order valence-electron chi connectivity index (χ1n) is 7.02. The molecular formula is C18H18N2O2. The Hall–Kier alpha value is -2.75. The predicted molar refractivity (Wildman–Crippen MR) is 89.2 cm³/mol. The van der Waals surface area contributed by atoms with Crippen LogP contribution in [0.25, 0.3) is 23.2 Å². The van der Waals surface area contributed by atoms with Gasteiger partial charge in [0.25, 0.3) is 0 Å². The van der Waals surface area contributed by atoms with Crippen molar-refractivity contribution in [2.24, 2.45) is 7.05 Å². The molecule has 4 nitrogen and oxygen atoms in total. The van der Waals surface area contributed by atoms with Gasteiger partial charge in [-0.2, -0.15) is 0 Å². The average Bonchev–Trinajstić information content (AvgIpc) is 2.93. The lowest BCUT2D eigenvalue weighted by molar-refractivity contribution is 0.394. The number of methoxy groups -OCH3 is 2.